The minimum absolute atomic E-state index is 0.160. The molecular formula is C40H29N3. The fraction of sp³-hybridized carbons (Fsp3) is 0.0500. The summed E-state index contributed by atoms with van der Waals surface area (Å²) in [7, 11) is 0. The highest BCUT2D eigenvalue weighted by atomic mass is 15.1. The monoisotopic (exact) mass is 556 g/mol. The van der Waals surface area contributed by atoms with Crippen LogP contribution in [0.4, 0.5) is 0 Å². The first-order valence-corrected chi connectivity index (χ1v) is 14.3. The van der Waals surface area contributed by atoms with Crippen molar-refractivity contribution in [2.45, 2.75) is 13.2 Å². The molecule has 0 atom stereocenters. The number of fused-ring (bicyclic) bond motifs is 3. The maximum absolute atomic E-state index is 8.80. The van der Waals surface area contributed by atoms with Crippen LogP contribution >= 0.6 is 0 Å². The SMILES string of the molecule is [2H]C([2H])([2H])C([2H])([2H])c1nc2ccccc2n1-c1ccccc1-c1c2ccccc2c(-c2cccc(-c3ccccn3)c2)c2ccccc12. The molecule has 0 aliphatic rings. The molecule has 8 aromatic rings. The molecule has 0 N–H and O–H groups in total. The number of rotatable bonds is 5. The van der Waals surface area contributed by atoms with Gasteiger partial charge < -0.3 is 0 Å². The maximum Gasteiger partial charge on any atom is 0.114 e. The minimum atomic E-state index is -2.94. The van der Waals surface area contributed by atoms with Crippen LogP contribution in [-0.2, 0) is 6.37 Å². The summed E-state index contributed by atoms with van der Waals surface area (Å²) in [5.41, 5.74) is 7.71. The van der Waals surface area contributed by atoms with Gasteiger partial charge in [-0.05, 0) is 74.6 Å². The van der Waals surface area contributed by atoms with Crippen molar-refractivity contribution in [3.8, 4) is 39.2 Å². The first-order chi connectivity index (χ1) is 23.2. The normalized spacial score (nSPS) is 13.8. The van der Waals surface area contributed by atoms with Crippen molar-refractivity contribution < 1.29 is 6.85 Å². The predicted molar refractivity (Wildman–Crippen MR) is 180 cm³/mol. The van der Waals surface area contributed by atoms with E-state index in [0.29, 0.717) is 16.7 Å². The highest BCUT2D eigenvalue weighted by molar-refractivity contribution is 6.22. The highest BCUT2D eigenvalue weighted by Gasteiger charge is 2.21. The molecule has 0 amide bonds. The molecule has 0 radical (unpaired) electrons. The van der Waals surface area contributed by atoms with Crippen LogP contribution in [0.25, 0.3) is 71.8 Å². The summed E-state index contributed by atoms with van der Waals surface area (Å²) in [4.78, 5) is 9.18. The Hall–Kier alpha value is -5.54. The van der Waals surface area contributed by atoms with E-state index in [1.165, 1.54) is 0 Å². The van der Waals surface area contributed by atoms with Gasteiger partial charge in [-0.25, -0.2) is 4.98 Å². The number of aromatic nitrogens is 3. The first-order valence-electron chi connectivity index (χ1n) is 16.8. The molecule has 0 aliphatic heterocycles. The Morgan fingerprint density at radius 2 is 1.28 bits per heavy atom. The van der Waals surface area contributed by atoms with Crippen LogP contribution in [-0.4, -0.2) is 14.5 Å². The largest absolute Gasteiger partial charge is 0.296 e. The molecule has 3 nitrogen and oxygen atoms in total. The third-order valence-electron chi connectivity index (χ3n) is 8.13. The van der Waals surface area contributed by atoms with E-state index in [0.717, 1.165) is 55.1 Å². The predicted octanol–water partition coefficient (Wildman–Crippen LogP) is 10.3. The van der Waals surface area contributed by atoms with E-state index in [4.69, 9.17) is 6.85 Å². The van der Waals surface area contributed by atoms with Crippen LogP contribution in [0.15, 0.2) is 146 Å². The summed E-state index contributed by atoms with van der Waals surface area (Å²) in [5.74, 6) is -0.160. The fourth-order valence-corrected chi connectivity index (χ4v) is 6.33. The van der Waals surface area contributed by atoms with Gasteiger partial charge in [0.2, 0.25) is 0 Å². The molecular weight excluding hydrogens is 522 g/mol. The van der Waals surface area contributed by atoms with Gasteiger partial charge in [-0.15, -0.1) is 0 Å². The molecule has 0 aliphatic carbocycles. The van der Waals surface area contributed by atoms with Crippen molar-refractivity contribution in [1.29, 1.82) is 0 Å². The van der Waals surface area contributed by atoms with E-state index in [1.54, 1.807) is 16.8 Å². The van der Waals surface area contributed by atoms with Crippen molar-refractivity contribution in [2.24, 2.45) is 0 Å². The summed E-state index contributed by atoms with van der Waals surface area (Å²) in [6.45, 7) is -2.94. The van der Waals surface area contributed by atoms with Crippen molar-refractivity contribution >= 4 is 32.6 Å². The second kappa shape index (κ2) is 10.4. The summed E-state index contributed by atoms with van der Waals surface area (Å²) in [6.07, 6.45) is -0.913. The third-order valence-corrected chi connectivity index (χ3v) is 8.13. The Bertz CT molecular complexity index is 2430. The number of nitrogens with zero attached hydrogens (tertiary/aromatic N) is 3. The fourth-order valence-electron chi connectivity index (χ4n) is 6.33. The Balaban J connectivity index is 1.45. The third kappa shape index (κ3) is 4.12. The number of hydrogen-bond donors (Lipinski definition) is 0. The first kappa shape index (κ1) is 20.4. The molecule has 0 spiro atoms. The Kier molecular flexibility index (Phi) is 4.91. The smallest absolute Gasteiger partial charge is 0.114 e. The summed E-state index contributed by atoms with van der Waals surface area (Å²) < 4.78 is 43.6. The molecule has 8 rings (SSSR count). The average Bonchev–Trinajstić information content (AvgIpc) is 3.51. The zero-order chi connectivity index (χ0) is 33.0. The lowest BCUT2D eigenvalue weighted by atomic mass is 9.85. The van der Waals surface area contributed by atoms with Crippen molar-refractivity contribution in [3.63, 3.8) is 0 Å². The second-order valence-corrected chi connectivity index (χ2v) is 10.5. The van der Waals surface area contributed by atoms with Crippen molar-refractivity contribution in [1.82, 2.24) is 14.5 Å². The topological polar surface area (TPSA) is 30.7 Å². The standard InChI is InChI=1S/C40H29N3/c1-2-38-42-35-22-8-10-24-37(35)43(38)36-23-9-7-20-33(36)40-31-18-5-3-16-29(31)39(30-17-4-6-19-32(30)40)28-15-13-14-27(26-28)34-21-11-12-25-41-34/h3-26H,2H2,1H3/i1D3,2D2. The van der Waals surface area contributed by atoms with Gasteiger partial charge in [0.05, 0.1) is 22.4 Å². The lowest BCUT2D eigenvalue weighted by Crippen LogP contribution is -2.03. The van der Waals surface area contributed by atoms with Crippen LogP contribution in [0.1, 0.15) is 19.5 Å². The number of aryl methyl sites for hydroxylation is 1. The van der Waals surface area contributed by atoms with Gasteiger partial charge in [0.25, 0.3) is 0 Å². The van der Waals surface area contributed by atoms with E-state index in [2.05, 4.69) is 58.5 Å². The quantitative estimate of drug-likeness (QED) is 0.197. The van der Waals surface area contributed by atoms with Crippen LogP contribution in [0.2, 0.25) is 0 Å². The number of hydrogen-bond acceptors (Lipinski definition) is 2. The van der Waals surface area contributed by atoms with Gasteiger partial charge in [-0.2, -0.15) is 0 Å². The van der Waals surface area contributed by atoms with Gasteiger partial charge in [-0.3, -0.25) is 9.55 Å². The number of para-hydroxylation sites is 3. The minimum Gasteiger partial charge on any atom is -0.296 e. The van der Waals surface area contributed by atoms with Gasteiger partial charge in [0.15, 0.2) is 0 Å². The molecule has 0 bridgehead atoms. The van der Waals surface area contributed by atoms with Crippen molar-refractivity contribution in [3.05, 3.63) is 152 Å². The lowest BCUT2D eigenvalue weighted by Gasteiger charge is -2.20. The van der Waals surface area contributed by atoms with Crippen LogP contribution in [0.3, 0.4) is 0 Å². The molecule has 6 aromatic carbocycles. The lowest BCUT2D eigenvalue weighted by molar-refractivity contribution is 0.909. The molecule has 2 aromatic heterocycles. The molecule has 0 saturated heterocycles. The van der Waals surface area contributed by atoms with Crippen LogP contribution in [0.5, 0.6) is 0 Å². The molecule has 0 unspecified atom stereocenters. The van der Waals surface area contributed by atoms with Gasteiger partial charge >= 0.3 is 0 Å². The van der Waals surface area contributed by atoms with E-state index < -0.39 is 13.2 Å². The molecule has 2 heterocycles. The van der Waals surface area contributed by atoms with Gasteiger partial charge in [0, 0.05) is 30.6 Å². The molecule has 3 heteroatoms. The average molecular weight is 557 g/mol. The highest BCUT2D eigenvalue weighted by Crippen LogP contribution is 2.45. The van der Waals surface area contributed by atoms with E-state index in [9.17, 15) is 0 Å². The summed E-state index contributed by atoms with van der Waals surface area (Å²) in [6, 6.07) is 46.2. The van der Waals surface area contributed by atoms with E-state index >= 15 is 0 Å². The molecule has 0 saturated carbocycles. The number of imidazole rings is 1. The maximum atomic E-state index is 8.80. The Morgan fingerprint density at radius 3 is 2.02 bits per heavy atom. The second-order valence-electron chi connectivity index (χ2n) is 10.5. The number of pyridine rings is 1. The molecule has 204 valence electrons. The summed E-state index contributed by atoms with van der Waals surface area (Å²) >= 11 is 0. The van der Waals surface area contributed by atoms with Crippen molar-refractivity contribution in [2.75, 3.05) is 0 Å². The Morgan fingerprint density at radius 1 is 0.628 bits per heavy atom. The van der Waals surface area contributed by atoms with E-state index in [1.807, 2.05) is 84.9 Å². The zero-order valence-corrected chi connectivity index (χ0v) is 23.2. The van der Waals surface area contributed by atoms with Crippen LogP contribution in [0, 0.1) is 0 Å². The zero-order valence-electron chi connectivity index (χ0n) is 28.2. The van der Waals surface area contributed by atoms with Crippen LogP contribution < -0.4 is 0 Å². The molecule has 43 heavy (non-hydrogen) atoms. The summed E-state index contributed by atoms with van der Waals surface area (Å²) in [5, 5.41) is 4.17. The number of benzene rings is 6. The van der Waals surface area contributed by atoms with E-state index in [-0.39, 0.29) is 5.82 Å². The molecule has 0 fully saturated rings. The van der Waals surface area contributed by atoms with Gasteiger partial charge in [0.1, 0.15) is 5.82 Å². The van der Waals surface area contributed by atoms with Gasteiger partial charge in [-0.1, -0.05) is 110 Å². The Labute approximate surface area is 257 Å².